The van der Waals surface area contributed by atoms with Crippen molar-refractivity contribution < 1.29 is 22.8 Å². The molecule has 0 bridgehead atoms. The van der Waals surface area contributed by atoms with Gasteiger partial charge in [0.1, 0.15) is 5.69 Å². The number of H-pyrrole nitrogens is 1. The summed E-state index contributed by atoms with van der Waals surface area (Å²) in [4.78, 5) is 38.6. The Bertz CT molecular complexity index is 1160. The van der Waals surface area contributed by atoms with Crippen LogP contribution in [-0.2, 0) is 6.18 Å². The Balaban J connectivity index is 1.83. The van der Waals surface area contributed by atoms with E-state index in [2.05, 4.69) is 10.6 Å². The van der Waals surface area contributed by atoms with Crippen LogP contribution < -0.4 is 16.2 Å². The molecular weight excluding hydrogens is 399 g/mol. The van der Waals surface area contributed by atoms with E-state index in [9.17, 15) is 27.6 Å². The summed E-state index contributed by atoms with van der Waals surface area (Å²) < 4.78 is 38.5. The number of anilines is 2. The van der Waals surface area contributed by atoms with Crippen LogP contribution in [0.25, 0.3) is 0 Å². The van der Waals surface area contributed by atoms with Gasteiger partial charge in [-0.1, -0.05) is 24.3 Å². The Hall–Kier alpha value is -3.88. The summed E-state index contributed by atoms with van der Waals surface area (Å²) in [5.41, 5.74) is -1.01. The van der Waals surface area contributed by atoms with Crippen molar-refractivity contribution in [2.24, 2.45) is 0 Å². The number of rotatable bonds is 4. The molecule has 30 heavy (non-hydrogen) atoms. The van der Waals surface area contributed by atoms with Crippen LogP contribution in [0.3, 0.4) is 0 Å². The highest BCUT2D eigenvalue weighted by Gasteiger charge is 2.31. The second-order valence-corrected chi connectivity index (χ2v) is 6.43. The second-order valence-electron chi connectivity index (χ2n) is 6.43. The molecule has 0 saturated heterocycles. The van der Waals surface area contributed by atoms with Crippen molar-refractivity contribution in [2.75, 3.05) is 10.6 Å². The maximum Gasteiger partial charge on any atom is 0.417 e. The van der Waals surface area contributed by atoms with Gasteiger partial charge in [0.2, 0.25) is 0 Å². The van der Waals surface area contributed by atoms with Crippen LogP contribution in [0, 0.1) is 6.92 Å². The molecule has 2 amide bonds. The topological polar surface area (TPSA) is 91.1 Å². The molecule has 1 aromatic heterocycles. The molecule has 1 heterocycles. The van der Waals surface area contributed by atoms with Crippen molar-refractivity contribution in [3.63, 3.8) is 0 Å². The van der Waals surface area contributed by atoms with E-state index in [-0.39, 0.29) is 11.5 Å². The Morgan fingerprint density at radius 1 is 0.867 bits per heavy atom. The van der Waals surface area contributed by atoms with Gasteiger partial charge in [-0.2, -0.15) is 13.2 Å². The van der Waals surface area contributed by atoms with E-state index in [1.54, 1.807) is 43.3 Å². The molecule has 0 saturated carbocycles. The average Bonchev–Trinajstić information content (AvgIpc) is 2.71. The maximum absolute atomic E-state index is 12.8. The largest absolute Gasteiger partial charge is 0.417 e. The minimum atomic E-state index is -4.68. The van der Waals surface area contributed by atoms with Gasteiger partial charge in [-0.3, -0.25) is 14.4 Å². The number of carbonyl (C=O) groups is 2. The van der Waals surface area contributed by atoms with Crippen LogP contribution in [0.1, 0.15) is 31.8 Å². The third-order valence-electron chi connectivity index (χ3n) is 4.26. The van der Waals surface area contributed by atoms with Crippen LogP contribution in [0.2, 0.25) is 0 Å². The average molecular weight is 415 g/mol. The van der Waals surface area contributed by atoms with Gasteiger partial charge < -0.3 is 15.6 Å². The summed E-state index contributed by atoms with van der Waals surface area (Å²) >= 11 is 0. The first-order valence-corrected chi connectivity index (χ1v) is 8.73. The van der Waals surface area contributed by atoms with Gasteiger partial charge in [0.25, 0.3) is 17.4 Å². The quantitative estimate of drug-likeness (QED) is 0.596. The lowest BCUT2D eigenvalue weighted by atomic mass is 10.1. The number of amides is 2. The summed E-state index contributed by atoms with van der Waals surface area (Å²) in [5, 5.41) is 4.87. The lowest BCUT2D eigenvalue weighted by molar-refractivity contribution is -0.137. The molecule has 3 N–H and O–H groups in total. The Kier molecular flexibility index (Phi) is 5.72. The highest BCUT2D eigenvalue weighted by atomic mass is 19.4. The molecule has 0 unspecified atom stereocenters. The molecule has 6 nitrogen and oxygen atoms in total. The fraction of sp³-hybridized carbons (Fsp3) is 0.0952. The number of aromatic amines is 1. The van der Waals surface area contributed by atoms with Crippen LogP contribution in [0.15, 0.2) is 65.6 Å². The van der Waals surface area contributed by atoms with E-state index in [1.165, 1.54) is 12.1 Å². The first-order chi connectivity index (χ1) is 14.1. The molecule has 0 radical (unpaired) electrons. The molecule has 3 aromatic rings. The normalized spacial score (nSPS) is 11.1. The van der Waals surface area contributed by atoms with Gasteiger partial charge in [-0.15, -0.1) is 0 Å². The summed E-state index contributed by atoms with van der Waals surface area (Å²) in [6, 6.07) is 13.4. The standard InChI is InChI=1S/C21H16F3N3O3/c1-12-7-8-14(9-16(12)26-18(28)13-5-3-2-4-6-13)19(29)27-17-10-15(21(22,23)24)11-25-20(17)30/h2-11H,1H3,(H,25,30)(H,26,28)(H,27,29). The number of hydrogen-bond donors (Lipinski definition) is 3. The van der Waals surface area contributed by atoms with E-state index < -0.39 is 28.9 Å². The van der Waals surface area contributed by atoms with Gasteiger partial charge in [0.15, 0.2) is 0 Å². The number of halogens is 3. The number of aromatic nitrogens is 1. The van der Waals surface area contributed by atoms with E-state index in [0.717, 1.165) is 0 Å². The zero-order chi connectivity index (χ0) is 21.9. The second kappa shape index (κ2) is 8.24. The zero-order valence-electron chi connectivity index (χ0n) is 15.6. The molecule has 3 rings (SSSR count). The molecule has 0 atom stereocenters. The molecule has 0 fully saturated rings. The smallest absolute Gasteiger partial charge is 0.327 e. The third kappa shape index (κ3) is 4.75. The Labute approximate surface area is 168 Å². The summed E-state index contributed by atoms with van der Waals surface area (Å²) in [6.07, 6.45) is -4.15. The van der Waals surface area contributed by atoms with Crippen molar-refractivity contribution in [1.29, 1.82) is 0 Å². The van der Waals surface area contributed by atoms with E-state index in [4.69, 9.17) is 0 Å². The van der Waals surface area contributed by atoms with Crippen molar-refractivity contribution in [3.05, 3.63) is 93.4 Å². The highest BCUT2D eigenvalue weighted by Crippen LogP contribution is 2.29. The minimum absolute atomic E-state index is 0.0563. The monoisotopic (exact) mass is 415 g/mol. The number of nitrogens with one attached hydrogen (secondary N) is 3. The molecule has 0 spiro atoms. The molecular formula is C21H16F3N3O3. The van der Waals surface area contributed by atoms with Gasteiger partial charge >= 0.3 is 6.18 Å². The predicted octanol–water partition coefficient (Wildman–Crippen LogP) is 4.21. The molecule has 9 heteroatoms. The number of alkyl halides is 3. The van der Waals surface area contributed by atoms with Crippen LogP contribution in [0.4, 0.5) is 24.5 Å². The minimum Gasteiger partial charge on any atom is -0.327 e. The fourth-order valence-corrected chi connectivity index (χ4v) is 2.62. The molecule has 2 aromatic carbocycles. The van der Waals surface area contributed by atoms with Gasteiger partial charge in [-0.25, -0.2) is 0 Å². The summed E-state index contributed by atoms with van der Waals surface area (Å²) in [5.74, 6) is -1.18. The SMILES string of the molecule is Cc1ccc(C(=O)Nc2cc(C(F)(F)F)c[nH]c2=O)cc1NC(=O)c1ccccc1. The first kappa shape index (κ1) is 20.8. The lowest BCUT2D eigenvalue weighted by Gasteiger charge is -2.12. The van der Waals surface area contributed by atoms with Crippen molar-refractivity contribution in [3.8, 4) is 0 Å². The van der Waals surface area contributed by atoms with Crippen molar-refractivity contribution in [1.82, 2.24) is 4.98 Å². The number of pyridine rings is 1. The Morgan fingerprint density at radius 2 is 1.50 bits per heavy atom. The van der Waals surface area contributed by atoms with Crippen molar-refractivity contribution >= 4 is 23.2 Å². The predicted molar refractivity (Wildman–Crippen MR) is 106 cm³/mol. The third-order valence-corrected chi connectivity index (χ3v) is 4.26. The van der Waals surface area contributed by atoms with Crippen LogP contribution >= 0.6 is 0 Å². The fourth-order valence-electron chi connectivity index (χ4n) is 2.62. The maximum atomic E-state index is 12.8. The van der Waals surface area contributed by atoms with Gasteiger partial charge in [0, 0.05) is 23.0 Å². The lowest BCUT2D eigenvalue weighted by Crippen LogP contribution is -2.22. The highest BCUT2D eigenvalue weighted by molar-refractivity contribution is 6.07. The first-order valence-electron chi connectivity index (χ1n) is 8.73. The van der Waals surface area contributed by atoms with Crippen LogP contribution in [-0.4, -0.2) is 16.8 Å². The number of hydrogen-bond acceptors (Lipinski definition) is 3. The zero-order valence-corrected chi connectivity index (χ0v) is 15.6. The molecule has 0 aliphatic rings. The molecule has 0 aliphatic carbocycles. The molecule has 154 valence electrons. The van der Waals surface area contributed by atoms with Gasteiger partial charge in [-0.05, 0) is 42.8 Å². The number of carbonyl (C=O) groups excluding carboxylic acids is 2. The van der Waals surface area contributed by atoms with Gasteiger partial charge in [0.05, 0.1) is 5.56 Å². The summed E-state index contributed by atoms with van der Waals surface area (Å²) in [7, 11) is 0. The van der Waals surface area contributed by atoms with E-state index >= 15 is 0 Å². The van der Waals surface area contributed by atoms with E-state index in [1.807, 2.05) is 4.98 Å². The molecule has 0 aliphatic heterocycles. The van der Waals surface area contributed by atoms with Crippen LogP contribution in [0.5, 0.6) is 0 Å². The van der Waals surface area contributed by atoms with Crippen molar-refractivity contribution in [2.45, 2.75) is 13.1 Å². The summed E-state index contributed by atoms with van der Waals surface area (Å²) in [6.45, 7) is 1.72. The van der Waals surface area contributed by atoms with E-state index in [0.29, 0.717) is 29.1 Å². The number of aryl methyl sites for hydroxylation is 1. The Morgan fingerprint density at radius 3 is 2.17 bits per heavy atom. The number of benzene rings is 2.